The maximum Gasteiger partial charge on any atom is 0.303 e. The van der Waals surface area contributed by atoms with Crippen LogP contribution in [0.3, 0.4) is 0 Å². The molecule has 0 radical (unpaired) electrons. The van der Waals surface area contributed by atoms with E-state index in [-0.39, 0.29) is 18.8 Å². The zero-order valence-electron chi connectivity index (χ0n) is 19.7. The number of nitrogens with zero attached hydrogens (tertiary/aromatic N) is 3. The number of carbonyl (C=O) groups is 1. The number of benzene rings is 2. The summed E-state index contributed by atoms with van der Waals surface area (Å²) in [5.74, 6) is 0.0967. The van der Waals surface area contributed by atoms with E-state index in [0.717, 1.165) is 22.6 Å². The van der Waals surface area contributed by atoms with Crippen molar-refractivity contribution in [1.82, 2.24) is 9.97 Å². The molecule has 3 aromatic rings. The van der Waals surface area contributed by atoms with Crippen molar-refractivity contribution in [2.24, 2.45) is 0 Å². The van der Waals surface area contributed by atoms with E-state index in [1.54, 1.807) is 18.3 Å². The Morgan fingerprint density at radius 1 is 1.17 bits per heavy atom. The van der Waals surface area contributed by atoms with Crippen LogP contribution in [0.4, 0.5) is 0 Å². The number of rotatable bonds is 11. The summed E-state index contributed by atoms with van der Waals surface area (Å²) in [5, 5.41) is 19.5. The Morgan fingerprint density at radius 2 is 1.91 bits per heavy atom. The van der Waals surface area contributed by atoms with Gasteiger partial charge in [-0.3, -0.25) is 4.79 Å². The molecule has 0 aliphatic rings. The van der Waals surface area contributed by atoms with Gasteiger partial charge in [0, 0.05) is 18.0 Å². The number of carboxylic acid groups (broad SMARTS) is 1. The fourth-order valence-corrected chi connectivity index (χ4v) is 4.08. The topological polar surface area (TPSA) is 105 Å². The van der Waals surface area contributed by atoms with Crippen LogP contribution in [0, 0.1) is 11.3 Å². The van der Waals surface area contributed by atoms with E-state index < -0.39 is 11.4 Å². The summed E-state index contributed by atoms with van der Waals surface area (Å²) in [5.41, 5.74) is 2.54. The van der Waals surface area contributed by atoms with E-state index in [9.17, 15) is 10.1 Å². The molecule has 0 amide bonds. The third-order valence-corrected chi connectivity index (χ3v) is 6.35. The van der Waals surface area contributed by atoms with Crippen molar-refractivity contribution >= 4 is 29.3 Å². The summed E-state index contributed by atoms with van der Waals surface area (Å²) >= 11 is 7.95. The van der Waals surface area contributed by atoms with Crippen LogP contribution < -0.4 is 9.47 Å². The molecule has 0 saturated heterocycles. The highest BCUT2D eigenvalue weighted by Gasteiger charge is 2.26. The van der Waals surface area contributed by atoms with Crippen LogP contribution in [0.1, 0.15) is 49.1 Å². The lowest BCUT2D eigenvalue weighted by atomic mass is 9.77. The van der Waals surface area contributed by atoms with Crippen LogP contribution in [0.2, 0.25) is 5.02 Å². The third-order valence-electron chi connectivity index (χ3n) is 5.50. The Hall–Kier alpha value is -3.28. The minimum absolute atomic E-state index is 0.0117. The fraction of sp³-hybridized carbons (Fsp3) is 0.308. The van der Waals surface area contributed by atoms with Crippen molar-refractivity contribution in [1.29, 1.82) is 5.26 Å². The first kappa shape index (κ1) is 26.3. The quantitative estimate of drug-likeness (QED) is 0.193. The Labute approximate surface area is 214 Å². The van der Waals surface area contributed by atoms with E-state index in [2.05, 4.69) is 16.0 Å². The highest BCUT2D eigenvalue weighted by molar-refractivity contribution is 7.98. The molecule has 0 unspecified atom stereocenters. The first-order valence-electron chi connectivity index (χ1n) is 10.9. The zero-order chi connectivity index (χ0) is 25.4. The molecule has 0 atom stereocenters. The van der Waals surface area contributed by atoms with Crippen LogP contribution in [-0.4, -0.2) is 33.9 Å². The molecule has 0 spiro atoms. The minimum Gasteiger partial charge on any atom is -0.491 e. The molecule has 1 heterocycles. The molecule has 0 fully saturated rings. The average molecular weight is 512 g/mol. The van der Waals surface area contributed by atoms with Crippen molar-refractivity contribution in [3.63, 3.8) is 0 Å². The van der Waals surface area contributed by atoms with Crippen LogP contribution in [0.5, 0.6) is 11.5 Å². The summed E-state index contributed by atoms with van der Waals surface area (Å²) in [6.45, 7) is 4.61. The third kappa shape index (κ3) is 6.87. The maximum atomic E-state index is 10.7. The van der Waals surface area contributed by atoms with Crippen LogP contribution in [-0.2, 0) is 16.8 Å². The van der Waals surface area contributed by atoms with Crippen LogP contribution >= 0.6 is 23.4 Å². The molecule has 3 rings (SSSR count). The minimum atomic E-state index is -0.896. The van der Waals surface area contributed by atoms with Crippen molar-refractivity contribution in [3.05, 3.63) is 76.1 Å². The van der Waals surface area contributed by atoms with Crippen molar-refractivity contribution in [2.45, 2.75) is 43.9 Å². The van der Waals surface area contributed by atoms with E-state index >= 15 is 0 Å². The normalized spacial score (nSPS) is 11.1. The predicted molar refractivity (Wildman–Crippen MR) is 135 cm³/mol. The molecule has 7 nitrogen and oxygen atoms in total. The molecule has 9 heteroatoms. The molecule has 35 heavy (non-hydrogen) atoms. The van der Waals surface area contributed by atoms with Gasteiger partial charge in [0.05, 0.1) is 22.9 Å². The van der Waals surface area contributed by atoms with E-state index in [0.29, 0.717) is 28.8 Å². The maximum absolute atomic E-state index is 10.7. The number of aliphatic carboxylic acids is 1. The van der Waals surface area contributed by atoms with Gasteiger partial charge in [-0.25, -0.2) is 9.97 Å². The number of hydrogen-bond donors (Lipinski definition) is 1. The monoisotopic (exact) mass is 511 g/mol. The summed E-state index contributed by atoms with van der Waals surface area (Å²) < 4.78 is 11.5. The molecule has 1 N–H and O–H groups in total. The number of thioether (sulfide) groups is 1. The van der Waals surface area contributed by atoms with Gasteiger partial charge in [-0.2, -0.15) is 5.26 Å². The molecular weight excluding hydrogens is 486 g/mol. The SMILES string of the molecule is CSc1nccc(COc2ccc(C(C)(C)c3cc(Cl)c(OCCCC(=O)O)c(C#N)c3)cc2)n1. The Bertz CT molecular complexity index is 1230. The molecule has 0 saturated carbocycles. The molecule has 0 aliphatic heterocycles. The smallest absolute Gasteiger partial charge is 0.303 e. The first-order chi connectivity index (χ1) is 16.7. The van der Waals surface area contributed by atoms with Gasteiger partial charge in [0.1, 0.15) is 18.4 Å². The second kappa shape index (κ2) is 11.9. The van der Waals surface area contributed by atoms with Gasteiger partial charge in [0.15, 0.2) is 10.9 Å². The van der Waals surface area contributed by atoms with E-state index in [1.165, 1.54) is 11.8 Å². The van der Waals surface area contributed by atoms with Gasteiger partial charge in [0.2, 0.25) is 0 Å². The predicted octanol–water partition coefficient (Wildman–Crippen LogP) is 5.87. The highest BCUT2D eigenvalue weighted by atomic mass is 35.5. The number of nitriles is 1. The number of ether oxygens (including phenoxy) is 2. The lowest BCUT2D eigenvalue weighted by Gasteiger charge is -2.27. The number of halogens is 1. The lowest BCUT2D eigenvalue weighted by Crippen LogP contribution is -2.19. The largest absolute Gasteiger partial charge is 0.491 e. The fourth-order valence-electron chi connectivity index (χ4n) is 3.43. The Kier molecular flexibility index (Phi) is 8.96. The summed E-state index contributed by atoms with van der Waals surface area (Å²) in [4.78, 5) is 19.3. The highest BCUT2D eigenvalue weighted by Crippen LogP contribution is 2.38. The van der Waals surface area contributed by atoms with E-state index in [4.69, 9.17) is 26.2 Å². The molecule has 2 aromatic carbocycles. The lowest BCUT2D eigenvalue weighted by molar-refractivity contribution is -0.137. The van der Waals surface area contributed by atoms with Gasteiger partial charge in [-0.05, 0) is 54.1 Å². The van der Waals surface area contributed by atoms with Gasteiger partial charge >= 0.3 is 5.97 Å². The second-order valence-electron chi connectivity index (χ2n) is 8.27. The van der Waals surface area contributed by atoms with Crippen molar-refractivity contribution in [2.75, 3.05) is 12.9 Å². The molecule has 0 aliphatic carbocycles. The average Bonchev–Trinajstić information content (AvgIpc) is 2.85. The van der Waals surface area contributed by atoms with Gasteiger partial charge in [0.25, 0.3) is 0 Å². The Morgan fingerprint density at radius 3 is 2.57 bits per heavy atom. The molecule has 182 valence electrons. The van der Waals surface area contributed by atoms with Crippen LogP contribution in [0.25, 0.3) is 0 Å². The van der Waals surface area contributed by atoms with Gasteiger partial charge in [-0.1, -0.05) is 49.3 Å². The summed E-state index contributed by atoms with van der Waals surface area (Å²) in [6, 6.07) is 15.3. The van der Waals surface area contributed by atoms with Gasteiger partial charge < -0.3 is 14.6 Å². The zero-order valence-corrected chi connectivity index (χ0v) is 21.3. The molecular formula is C26H26ClN3O4S. The Balaban J connectivity index is 1.73. The first-order valence-corrected chi connectivity index (χ1v) is 12.5. The van der Waals surface area contributed by atoms with Crippen molar-refractivity contribution in [3.8, 4) is 17.6 Å². The summed E-state index contributed by atoms with van der Waals surface area (Å²) in [7, 11) is 0. The van der Waals surface area contributed by atoms with Crippen molar-refractivity contribution < 1.29 is 19.4 Å². The molecule has 0 bridgehead atoms. The number of hydrogen-bond acceptors (Lipinski definition) is 7. The number of carboxylic acids is 1. The summed E-state index contributed by atoms with van der Waals surface area (Å²) in [6.07, 6.45) is 3.96. The van der Waals surface area contributed by atoms with Gasteiger partial charge in [-0.15, -0.1) is 0 Å². The van der Waals surface area contributed by atoms with E-state index in [1.807, 2.05) is 50.4 Å². The molecule has 1 aromatic heterocycles. The second-order valence-corrected chi connectivity index (χ2v) is 9.45. The standard InChI is InChI=1S/C26H26ClN3O4S/c1-26(2,19-13-17(15-28)24(22(27)14-19)33-12-4-5-23(31)32)18-6-8-21(9-7-18)34-16-20-10-11-29-25(30-20)35-3/h6-11,13-14H,4-5,12,16H2,1-3H3,(H,31,32). The van der Waals surface area contributed by atoms with Crippen LogP contribution in [0.15, 0.2) is 53.8 Å². The number of aromatic nitrogens is 2.